The summed E-state index contributed by atoms with van der Waals surface area (Å²) < 4.78 is 6.00. The Labute approximate surface area is 207 Å². The molecule has 5 aromatic rings. The minimum absolute atomic E-state index is 0.0821. The number of para-hydroxylation sites is 1. The Morgan fingerprint density at radius 2 is 1.17 bits per heavy atom. The summed E-state index contributed by atoms with van der Waals surface area (Å²) >= 11 is 0. The quantitative estimate of drug-likeness (QED) is 0.336. The van der Waals surface area contributed by atoms with Gasteiger partial charge in [-0.15, -0.1) is 0 Å². The molecule has 0 saturated carbocycles. The summed E-state index contributed by atoms with van der Waals surface area (Å²) in [5.41, 5.74) is 7.18. The van der Waals surface area contributed by atoms with Crippen LogP contribution < -0.4 is 5.32 Å². The molecule has 174 valence electrons. The summed E-state index contributed by atoms with van der Waals surface area (Å²) in [6.45, 7) is 0.141. The molecule has 5 nitrogen and oxygen atoms in total. The Hall–Kier alpha value is -4.38. The number of likely N-dealkylation sites (tertiary alicyclic amines) is 1. The molecule has 2 bridgehead atoms. The first kappa shape index (κ1) is 19.9. The number of nitrogens with zero attached hydrogens (tertiary/aromatic N) is 1. The second-order valence-corrected chi connectivity index (χ2v) is 10.0. The van der Waals surface area contributed by atoms with Crippen molar-refractivity contribution in [1.82, 2.24) is 4.90 Å². The maximum atomic E-state index is 13.8. The number of amides is 2. The van der Waals surface area contributed by atoms with Crippen LogP contribution in [0.3, 0.4) is 0 Å². The van der Waals surface area contributed by atoms with Crippen LogP contribution >= 0.6 is 0 Å². The number of carbonyl (C=O) groups is 2. The zero-order valence-corrected chi connectivity index (χ0v) is 19.3. The highest BCUT2D eigenvalue weighted by atomic mass is 16.3. The predicted octanol–water partition coefficient (Wildman–Crippen LogP) is 5.85. The zero-order chi connectivity index (χ0) is 24.0. The Bertz CT molecular complexity index is 1620. The van der Waals surface area contributed by atoms with Crippen LogP contribution in [-0.4, -0.2) is 23.4 Å². The number of fused-ring (bicyclic) bond motifs is 3. The van der Waals surface area contributed by atoms with Crippen molar-refractivity contribution in [3.8, 4) is 0 Å². The molecular formula is C31H22N2O3. The van der Waals surface area contributed by atoms with Crippen molar-refractivity contribution in [1.29, 1.82) is 0 Å². The second kappa shape index (κ2) is 7.08. The van der Waals surface area contributed by atoms with E-state index >= 15 is 0 Å². The Morgan fingerprint density at radius 3 is 1.78 bits per heavy atom. The van der Waals surface area contributed by atoms with E-state index in [1.807, 2.05) is 66.7 Å². The topological polar surface area (TPSA) is 62.6 Å². The number of carbonyl (C=O) groups excluding carboxylic acids is 2. The van der Waals surface area contributed by atoms with Crippen LogP contribution in [0.25, 0.3) is 21.9 Å². The van der Waals surface area contributed by atoms with Crippen LogP contribution in [0.5, 0.6) is 0 Å². The lowest BCUT2D eigenvalue weighted by Gasteiger charge is -2.45. The summed E-state index contributed by atoms with van der Waals surface area (Å²) in [6.07, 6.45) is 0. The van der Waals surface area contributed by atoms with Gasteiger partial charge < -0.3 is 9.73 Å². The van der Waals surface area contributed by atoms with Crippen molar-refractivity contribution in [2.45, 2.75) is 11.8 Å². The van der Waals surface area contributed by atoms with Crippen LogP contribution in [0, 0.1) is 11.8 Å². The maximum Gasteiger partial charge on any atom is 0.235 e. The lowest BCUT2D eigenvalue weighted by atomic mass is 9.55. The van der Waals surface area contributed by atoms with Gasteiger partial charge in [-0.2, -0.15) is 0 Å². The van der Waals surface area contributed by atoms with E-state index in [1.54, 1.807) is 0 Å². The monoisotopic (exact) mass is 470 g/mol. The largest absolute Gasteiger partial charge is 0.456 e. The van der Waals surface area contributed by atoms with Crippen LogP contribution in [0.1, 0.15) is 34.1 Å². The number of hydrogen-bond donors (Lipinski definition) is 1. The van der Waals surface area contributed by atoms with E-state index < -0.39 is 0 Å². The summed E-state index contributed by atoms with van der Waals surface area (Å²) in [5, 5.41) is 5.43. The molecule has 1 saturated heterocycles. The molecule has 4 aliphatic rings. The first-order chi connectivity index (χ1) is 17.7. The average Bonchev–Trinajstić information content (AvgIpc) is 3.41. The van der Waals surface area contributed by atoms with Gasteiger partial charge >= 0.3 is 0 Å². The molecule has 3 aliphatic carbocycles. The molecule has 1 aliphatic heterocycles. The zero-order valence-electron chi connectivity index (χ0n) is 19.3. The Morgan fingerprint density at radius 1 is 0.639 bits per heavy atom. The van der Waals surface area contributed by atoms with Gasteiger partial charge in [0.1, 0.15) is 11.2 Å². The van der Waals surface area contributed by atoms with Gasteiger partial charge in [0, 0.05) is 34.4 Å². The lowest BCUT2D eigenvalue weighted by molar-refractivity contribution is -0.139. The first-order valence-electron chi connectivity index (χ1n) is 12.4. The van der Waals surface area contributed by atoms with Gasteiger partial charge in [0.25, 0.3) is 0 Å². The molecule has 0 radical (unpaired) electrons. The van der Waals surface area contributed by atoms with E-state index in [1.165, 1.54) is 27.2 Å². The van der Waals surface area contributed by atoms with E-state index in [4.69, 9.17) is 4.42 Å². The summed E-state index contributed by atoms with van der Waals surface area (Å²) in [4.78, 5) is 28.9. The molecule has 36 heavy (non-hydrogen) atoms. The van der Waals surface area contributed by atoms with Crippen LogP contribution in [0.4, 0.5) is 5.69 Å². The van der Waals surface area contributed by atoms with Gasteiger partial charge in [0.05, 0.1) is 18.5 Å². The van der Waals surface area contributed by atoms with Crippen LogP contribution in [-0.2, 0) is 9.59 Å². The van der Waals surface area contributed by atoms with E-state index in [0.717, 1.165) is 27.6 Å². The minimum Gasteiger partial charge on any atom is -0.456 e. The number of imide groups is 1. The van der Waals surface area contributed by atoms with E-state index in [2.05, 4.69) is 29.6 Å². The molecule has 9 rings (SSSR count). The van der Waals surface area contributed by atoms with E-state index in [0.29, 0.717) is 0 Å². The van der Waals surface area contributed by atoms with Crippen molar-refractivity contribution in [3.05, 3.63) is 113 Å². The molecule has 1 fully saturated rings. The summed E-state index contributed by atoms with van der Waals surface area (Å²) in [6, 6.07) is 30.5. The van der Waals surface area contributed by atoms with Crippen molar-refractivity contribution >= 4 is 39.4 Å². The predicted molar refractivity (Wildman–Crippen MR) is 138 cm³/mol. The molecular weight excluding hydrogens is 448 g/mol. The van der Waals surface area contributed by atoms with Gasteiger partial charge in [0.2, 0.25) is 11.8 Å². The number of anilines is 1. The minimum atomic E-state index is -0.355. The first-order valence-corrected chi connectivity index (χ1v) is 12.4. The molecule has 4 aromatic carbocycles. The molecule has 0 unspecified atom stereocenters. The SMILES string of the molecule is O=C1[C@@H]2C3c4ccccc4C(c4ccccc43)[C@H]2C(=O)N1CNc1ccc2c(c1)oc1ccccc12. The van der Waals surface area contributed by atoms with Crippen molar-refractivity contribution in [3.63, 3.8) is 0 Å². The third-order valence-electron chi connectivity index (χ3n) is 8.36. The van der Waals surface area contributed by atoms with Gasteiger partial charge in [-0.05, 0) is 40.5 Å². The number of furan rings is 1. The van der Waals surface area contributed by atoms with E-state index in [9.17, 15) is 9.59 Å². The summed E-state index contributed by atoms with van der Waals surface area (Å²) in [5.74, 6) is -1.04. The van der Waals surface area contributed by atoms with Crippen LogP contribution in [0.15, 0.2) is 95.4 Å². The number of benzene rings is 4. The fraction of sp³-hybridized carbons (Fsp3) is 0.161. The fourth-order valence-electron chi connectivity index (χ4n) is 6.90. The van der Waals surface area contributed by atoms with Crippen molar-refractivity contribution < 1.29 is 14.0 Å². The van der Waals surface area contributed by atoms with E-state index in [-0.39, 0.29) is 42.2 Å². The maximum absolute atomic E-state index is 13.8. The van der Waals surface area contributed by atoms with Crippen molar-refractivity contribution in [2.24, 2.45) is 11.8 Å². The number of hydrogen-bond acceptors (Lipinski definition) is 4. The standard InChI is InChI=1S/C31H22N2O3/c34-30-28-26-20-8-1-2-9-21(20)27(23-11-4-3-10-22(23)26)29(28)31(35)33(30)16-32-17-13-14-19-18-7-5-6-12-24(18)36-25(19)15-17/h1-15,26-29,32H,16H2/t26?,27?,28-,29-/m1/s1. The molecule has 5 heteroatoms. The molecule has 0 spiro atoms. The highest BCUT2D eigenvalue weighted by molar-refractivity contribution is 6.08. The van der Waals surface area contributed by atoms with Gasteiger partial charge in [0.15, 0.2) is 0 Å². The Balaban J connectivity index is 1.13. The van der Waals surface area contributed by atoms with Crippen molar-refractivity contribution in [2.75, 3.05) is 12.0 Å². The van der Waals surface area contributed by atoms with Crippen LogP contribution in [0.2, 0.25) is 0 Å². The molecule has 2 atom stereocenters. The second-order valence-electron chi connectivity index (χ2n) is 10.0. The summed E-state index contributed by atoms with van der Waals surface area (Å²) in [7, 11) is 0. The smallest absolute Gasteiger partial charge is 0.235 e. The average molecular weight is 471 g/mol. The highest BCUT2D eigenvalue weighted by Crippen LogP contribution is 2.60. The van der Waals surface area contributed by atoms with Gasteiger partial charge in [-0.25, -0.2) is 0 Å². The fourth-order valence-corrected chi connectivity index (χ4v) is 6.90. The third-order valence-corrected chi connectivity index (χ3v) is 8.36. The van der Waals surface area contributed by atoms with Gasteiger partial charge in [-0.3, -0.25) is 14.5 Å². The third kappa shape index (κ3) is 2.49. The lowest BCUT2D eigenvalue weighted by Crippen LogP contribution is -2.41. The number of rotatable bonds is 3. The molecule has 1 aromatic heterocycles. The number of nitrogens with one attached hydrogen (secondary N) is 1. The molecule has 1 N–H and O–H groups in total. The van der Waals surface area contributed by atoms with Gasteiger partial charge in [-0.1, -0.05) is 66.7 Å². The molecule has 2 amide bonds. The highest BCUT2D eigenvalue weighted by Gasteiger charge is 2.61. The molecule has 2 heterocycles. The normalized spacial score (nSPS) is 23.7. The Kier molecular flexibility index (Phi) is 3.91.